The van der Waals surface area contributed by atoms with Crippen LogP contribution in [0.4, 0.5) is 10.1 Å². The van der Waals surface area contributed by atoms with Gasteiger partial charge in [-0.25, -0.2) is 9.82 Å². The average molecular weight is 324 g/mol. The van der Waals surface area contributed by atoms with Gasteiger partial charge in [-0.15, -0.1) is 0 Å². The van der Waals surface area contributed by atoms with Crippen LogP contribution in [0.15, 0.2) is 46.1 Å². The van der Waals surface area contributed by atoms with Gasteiger partial charge in [0.2, 0.25) is 0 Å². The number of hydrogen-bond donors (Lipinski definition) is 2. The smallest absolute Gasteiger partial charge is 0.329 e. The molecule has 0 saturated heterocycles. The molecule has 8 heteroatoms. The molecule has 2 amide bonds. The molecule has 1 aromatic heterocycles. The van der Waals surface area contributed by atoms with Crippen LogP contribution < -0.4 is 10.7 Å². The Hall–Kier alpha value is -2.67. The van der Waals surface area contributed by atoms with E-state index in [1.165, 1.54) is 18.4 Å². The van der Waals surface area contributed by atoms with Crippen LogP contribution in [-0.4, -0.2) is 17.5 Å². The number of furan rings is 1. The van der Waals surface area contributed by atoms with Gasteiger partial charge in [-0.1, -0.05) is 11.6 Å². The molecule has 2 rings (SSSR count). The normalized spacial score (nSPS) is 11.1. The Bertz CT molecular complexity index is 729. The maximum absolute atomic E-state index is 13.0. The molecule has 0 fully saturated rings. The maximum Gasteiger partial charge on any atom is 0.329 e. The second-order valence-electron chi connectivity index (χ2n) is 4.20. The van der Waals surface area contributed by atoms with E-state index in [2.05, 4.69) is 15.8 Å². The highest BCUT2D eigenvalue weighted by Gasteiger charge is 2.14. The van der Waals surface area contributed by atoms with Gasteiger partial charge in [-0.2, -0.15) is 5.10 Å². The van der Waals surface area contributed by atoms with E-state index in [0.29, 0.717) is 11.5 Å². The molecule has 0 atom stereocenters. The largest absolute Gasteiger partial charge is 0.463 e. The predicted octanol–water partition coefficient (Wildman–Crippen LogP) is 2.55. The lowest BCUT2D eigenvalue weighted by Crippen LogP contribution is -2.32. The van der Waals surface area contributed by atoms with Crippen LogP contribution >= 0.6 is 11.6 Å². The molecular weight excluding hydrogens is 313 g/mol. The van der Waals surface area contributed by atoms with Crippen molar-refractivity contribution in [2.24, 2.45) is 5.10 Å². The third-order valence-corrected chi connectivity index (χ3v) is 2.88. The van der Waals surface area contributed by atoms with Crippen molar-refractivity contribution < 1.29 is 18.4 Å². The quantitative estimate of drug-likeness (QED) is 0.517. The molecule has 6 nitrogen and oxygen atoms in total. The number of benzene rings is 1. The lowest BCUT2D eigenvalue weighted by atomic mass is 10.3. The van der Waals surface area contributed by atoms with Crippen LogP contribution in [0.5, 0.6) is 0 Å². The van der Waals surface area contributed by atoms with Crippen molar-refractivity contribution >= 4 is 34.8 Å². The molecule has 0 saturated carbocycles. The van der Waals surface area contributed by atoms with Gasteiger partial charge in [0, 0.05) is 5.69 Å². The van der Waals surface area contributed by atoms with Gasteiger partial charge in [-0.05, 0) is 37.3 Å². The second-order valence-corrected chi connectivity index (χ2v) is 4.61. The number of halogens is 2. The fourth-order valence-electron chi connectivity index (χ4n) is 1.49. The topological polar surface area (TPSA) is 83.7 Å². The predicted molar refractivity (Wildman–Crippen MR) is 79.1 cm³/mol. The van der Waals surface area contributed by atoms with Gasteiger partial charge < -0.3 is 9.73 Å². The van der Waals surface area contributed by atoms with E-state index in [0.717, 1.165) is 6.07 Å². The Morgan fingerprint density at radius 3 is 2.68 bits per heavy atom. The van der Waals surface area contributed by atoms with Crippen LogP contribution in [0.25, 0.3) is 0 Å². The van der Waals surface area contributed by atoms with Gasteiger partial charge in [0.25, 0.3) is 0 Å². The summed E-state index contributed by atoms with van der Waals surface area (Å²) in [5.41, 5.74) is 2.68. The molecule has 1 aromatic carbocycles. The first kappa shape index (κ1) is 15.7. The summed E-state index contributed by atoms with van der Waals surface area (Å²) in [4.78, 5) is 23.3. The van der Waals surface area contributed by atoms with E-state index in [-0.39, 0.29) is 10.7 Å². The minimum absolute atomic E-state index is 0.162. The first-order chi connectivity index (χ1) is 10.5. The summed E-state index contributed by atoms with van der Waals surface area (Å²) >= 11 is 5.58. The number of amides is 2. The monoisotopic (exact) mass is 323 g/mol. The summed E-state index contributed by atoms with van der Waals surface area (Å²) in [6, 6.07) is 6.88. The Morgan fingerprint density at radius 2 is 2.05 bits per heavy atom. The molecule has 0 aliphatic heterocycles. The van der Waals surface area contributed by atoms with Crippen LogP contribution in [-0.2, 0) is 9.59 Å². The molecule has 2 aromatic rings. The zero-order valence-corrected chi connectivity index (χ0v) is 12.1. The van der Waals surface area contributed by atoms with Crippen molar-refractivity contribution in [1.82, 2.24) is 5.43 Å². The van der Waals surface area contributed by atoms with E-state index in [1.807, 2.05) is 0 Å². The molecule has 1 heterocycles. The average Bonchev–Trinajstić information content (AvgIpc) is 3.02. The van der Waals surface area contributed by atoms with Gasteiger partial charge >= 0.3 is 11.8 Å². The van der Waals surface area contributed by atoms with E-state index in [9.17, 15) is 14.0 Å². The van der Waals surface area contributed by atoms with E-state index >= 15 is 0 Å². The number of nitrogens with one attached hydrogen (secondary N) is 2. The summed E-state index contributed by atoms with van der Waals surface area (Å²) in [5.74, 6) is -2.10. The standard InChI is InChI=1S/C14H11ClFN3O3/c1-8(12-3-2-6-22-12)18-19-14(21)13(20)17-9-4-5-11(16)10(15)7-9/h2-7H,1H3,(H,17,20)(H,19,21)/b18-8+. The van der Waals surface area contributed by atoms with Crippen molar-refractivity contribution in [3.63, 3.8) is 0 Å². The second kappa shape index (κ2) is 6.86. The fourth-order valence-corrected chi connectivity index (χ4v) is 1.67. The first-order valence-corrected chi connectivity index (χ1v) is 6.49. The summed E-state index contributed by atoms with van der Waals surface area (Å²) in [6.07, 6.45) is 1.46. The highest BCUT2D eigenvalue weighted by atomic mass is 35.5. The Labute approximate surface area is 129 Å². The van der Waals surface area contributed by atoms with Gasteiger partial charge in [0.15, 0.2) is 0 Å². The lowest BCUT2D eigenvalue weighted by Gasteiger charge is -2.05. The van der Waals surface area contributed by atoms with Crippen LogP contribution in [0.3, 0.4) is 0 Å². The molecular formula is C14H11ClFN3O3. The summed E-state index contributed by atoms with van der Waals surface area (Å²) < 4.78 is 18.1. The van der Waals surface area contributed by atoms with Crippen molar-refractivity contribution in [2.45, 2.75) is 6.92 Å². The number of carbonyl (C=O) groups excluding carboxylic acids is 2. The van der Waals surface area contributed by atoms with Gasteiger partial charge in [-0.3, -0.25) is 9.59 Å². The van der Waals surface area contributed by atoms with E-state index in [4.69, 9.17) is 16.0 Å². The summed E-state index contributed by atoms with van der Waals surface area (Å²) in [5, 5.41) is 5.85. The Balaban J connectivity index is 1.96. The van der Waals surface area contributed by atoms with Gasteiger partial charge in [0.05, 0.1) is 11.3 Å². The number of hydrogen-bond acceptors (Lipinski definition) is 4. The van der Waals surface area contributed by atoms with Crippen molar-refractivity contribution in [2.75, 3.05) is 5.32 Å². The SMILES string of the molecule is C/C(=N\NC(=O)C(=O)Nc1ccc(F)c(Cl)c1)c1ccco1. The maximum atomic E-state index is 13.0. The van der Waals surface area contributed by atoms with Crippen molar-refractivity contribution in [3.8, 4) is 0 Å². The highest BCUT2D eigenvalue weighted by Crippen LogP contribution is 2.19. The molecule has 0 bridgehead atoms. The number of anilines is 1. The van der Waals surface area contributed by atoms with E-state index < -0.39 is 17.6 Å². The molecule has 0 aliphatic carbocycles. The molecule has 22 heavy (non-hydrogen) atoms. The van der Waals surface area contributed by atoms with Crippen LogP contribution in [0, 0.1) is 5.82 Å². The Kier molecular flexibility index (Phi) is 4.90. The lowest BCUT2D eigenvalue weighted by molar-refractivity contribution is -0.136. The van der Waals surface area contributed by atoms with E-state index in [1.54, 1.807) is 19.1 Å². The van der Waals surface area contributed by atoms with Crippen LogP contribution in [0.1, 0.15) is 12.7 Å². The number of hydrazone groups is 1. The number of nitrogens with zero attached hydrogens (tertiary/aromatic N) is 1. The molecule has 114 valence electrons. The third-order valence-electron chi connectivity index (χ3n) is 2.59. The first-order valence-electron chi connectivity index (χ1n) is 6.12. The van der Waals surface area contributed by atoms with Gasteiger partial charge in [0.1, 0.15) is 17.3 Å². The van der Waals surface area contributed by atoms with Crippen molar-refractivity contribution in [3.05, 3.63) is 53.2 Å². The highest BCUT2D eigenvalue weighted by molar-refractivity contribution is 6.39. The fraction of sp³-hybridized carbons (Fsp3) is 0.0714. The third kappa shape index (κ3) is 3.92. The molecule has 0 radical (unpaired) electrons. The molecule has 0 unspecified atom stereocenters. The minimum atomic E-state index is -0.980. The summed E-state index contributed by atoms with van der Waals surface area (Å²) in [6.45, 7) is 1.61. The van der Waals surface area contributed by atoms with Crippen LogP contribution in [0.2, 0.25) is 5.02 Å². The van der Waals surface area contributed by atoms with Crippen molar-refractivity contribution in [1.29, 1.82) is 0 Å². The number of carbonyl (C=O) groups is 2. The Morgan fingerprint density at radius 1 is 1.27 bits per heavy atom. The molecule has 2 N–H and O–H groups in total. The minimum Gasteiger partial charge on any atom is -0.463 e. The summed E-state index contributed by atoms with van der Waals surface area (Å²) in [7, 11) is 0. The molecule has 0 spiro atoms. The number of rotatable bonds is 3. The molecule has 0 aliphatic rings. The zero-order chi connectivity index (χ0) is 16.1. The zero-order valence-electron chi connectivity index (χ0n) is 11.4.